The number of nitrogens with zero attached hydrogens (tertiary/aromatic N) is 3. The average molecular weight is 253 g/mol. The van der Waals surface area contributed by atoms with E-state index in [9.17, 15) is 8.42 Å². The Morgan fingerprint density at radius 1 is 1.35 bits per heavy atom. The summed E-state index contributed by atoms with van der Waals surface area (Å²) in [5, 5.41) is 16.2. The van der Waals surface area contributed by atoms with Gasteiger partial charge in [-0.25, -0.2) is 8.42 Å². The summed E-state index contributed by atoms with van der Waals surface area (Å²) >= 11 is 0. The van der Waals surface area contributed by atoms with E-state index in [1.165, 1.54) is 6.26 Å². The molecular weight excluding hydrogens is 242 g/mol. The summed E-state index contributed by atoms with van der Waals surface area (Å²) in [6, 6.07) is 6.67. The lowest BCUT2D eigenvalue weighted by Crippen LogP contribution is -2.07. The number of aromatic amines is 1. The van der Waals surface area contributed by atoms with Gasteiger partial charge >= 0.3 is 0 Å². The minimum atomic E-state index is -3.25. The van der Waals surface area contributed by atoms with Crippen molar-refractivity contribution in [3.8, 4) is 0 Å². The van der Waals surface area contributed by atoms with Crippen LogP contribution in [0.2, 0.25) is 0 Å². The molecule has 8 heteroatoms. The Balaban J connectivity index is 2.22. The first kappa shape index (κ1) is 11.5. The number of rotatable bonds is 4. The van der Waals surface area contributed by atoms with Crippen molar-refractivity contribution in [1.29, 1.82) is 0 Å². The van der Waals surface area contributed by atoms with E-state index in [0.29, 0.717) is 18.1 Å². The van der Waals surface area contributed by atoms with Gasteiger partial charge in [0.25, 0.3) is 0 Å². The van der Waals surface area contributed by atoms with Crippen LogP contribution in [0.15, 0.2) is 29.2 Å². The Morgan fingerprint density at radius 2 is 2.12 bits per heavy atom. The Morgan fingerprint density at radius 3 is 2.76 bits per heavy atom. The maximum absolute atomic E-state index is 11.5. The minimum absolute atomic E-state index is 0.253. The van der Waals surface area contributed by atoms with Crippen molar-refractivity contribution in [2.45, 2.75) is 11.4 Å². The van der Waals surface area contributed by atoms with Crippen LogP contribution in [0.5, 0.6) is 0 Å². The number of tetrazole rings is 1. The molecule has 0 atom stereocenters. The van der Waals surface area contributed by atoms with Crippen LogP contribution in [-0.2, 0) is 16.4 Å². The van der Waals surface area contributed by atoms with Crippen molar-refractivity contribution in [3.05, 3.63) is 30.1 Å². The van der Waals surface area contributed by atoms with Gasteiger partial charge in [0.1, 0.15) is 0 Å². The molecule has 0 radical (unpaired) electrons. The molecule has 0 fully saturated rings. The van der Waals surface area contributed by atoms with Crippen LogP contribution < -0.4 is 5.32 Å². The fourth-order valence-corrected chi connectivity index (χ4v) is 2.23. The molecule has 0 amide bonds. The maximum atomic E-state index is 11.5. The van der Waals surface area contributed by atoms with Gasteiger partial charge in [0.15, 0.2) is 15.7 Å². The van der Waals surface area contributed by atoms with Gasteiger partial charge in [-0.1, -0.05) is 17.3 Å². The van der Waals surface area contributed by atoms with E-state index >= 15 is 0 Å². The highest BCUT2D eigenvalue weighted by atomic mass is 32.2. The van der Waals surface area contributed by atoms with E-state index in [2.05, 4.69) is 25.9 Å². The number of benzene rings is 1. The number of anilines is 1. The first-order chi connectivity index (χ1) is 8.07. The molecule has 0 aliphatic carbocycles. The molecule has 0 aliphatic heterocycles. The van der Waals surface area contributed by atoms with Crippen LogP contribution in [-0.4, -0.2) is 35.3 Å². The van der Waals surface area contributed by atoms with Crippen LogP contribution in [0.3, 0.4) is 0 Å². The highest BCUT2D eigenvalue weighted by molar-refractivity contribution is 7.90. The van der Waals surface area contributed by atoms with E-state index in [1.54, 1.807) is 24.3 Å². The quantitative estimate of drug-likeness (QED) is 0.808. The maximum Gasteiger partial charge on any atom is 0.193 e. The zero-order valence-electron chi connectivity index (χ0n) is 9.08. The second kappa shape index (κ2) is 4.50. The molecule has 1 aromatic heterocycles. The molecule has 17 heavy (non-hydrogen) atoms. The third-order valence-corrected chi connectivity index (χ3v) is 3.27. The third kappa shape index (κ3) is 2.78. The van der Waals surface area contributed by atoms with Crippen molar-refractivity contribution in [3.63, 3.8) is 0 Å². The summed E-state index contributed by atoms with van der Waals surface area (Å²) in [5.74, 6) is 0.466. The topological polar surface area (TPSA) is 101 Å². The van der Waals surface area contributed by atoms with Gasteiger partial charge in [-0.05, 0) is 12.1 Å². The van der Waals surface area contributed by atoms with Crippen molar-refractivity contribution in [2.24, 2.45) is 0 Å². The number of H-pyrrole nitrogens is 1. The molecule has 0 saturated heterocycles. The normalized spacial score (nSPS) is 11.4. The Hall–Kier alpha value is -1.96. The Kier molecular flexibility index (Phi) is 3.05. The highest BCUT2D eigenvalue weighted by Gasteiger charge is 2.12. The van der Waals surface area contributed by atoms with E-state index in [0.717, 1.165) is 0 Å². The first-order valence-electron chi connectivity index (χ1n) is 4.82. The van der Waals surface area contributed by atoms with Crippen molar-refractivity contribution in [1.82, 2.24) is 20.6 Å². The highest BCUT2D eigenvalue weighted by Crippen LogP contribution is 2.20. The van der Waals surface area contributed by atoms with Crippen LogP contribution in [0, 0.1) is 0 Å². The molecular formula is C9H11N5O2S. The standard InChI is InChI=1S/C9H11N5O2S/c1-17(15,16)8-5-3-2-4-7(8)10-6-9-11-13-14-12-9/h2-5,10H,6H2,1H3,(H,11,12,13,14). The number of nitrogens with one attached hydrogen (secondary N) is 2. The minimum Gasteiger partial charge on any atom is -0.377 e. The van der Waals surface area contributed by atoms with Crippen molar-refractivity contribution < 1.29 is 8.42 Å². The molecule has 90 valence electrons. The zero-order chi connectivity index (χ0) is 12.3. The van der Waals surface area contributed by atoms with Gasteiger partial charge in [0, 0.05) is 6.26 Å². The van der Waals surface area contributed by atoms with Crippen LogP contribution in [0.1, 0.15) is 5.82 Å². The SMILES string of the molecule is CS(=O)(=O)c1ccccc1NCc1nn[nH]n1. The fourth-order valence-electron chi connectivity index (χ4n) is 1.37. The van der Waals surface area contributed by atoms with E-state index in [1.807, 2.05) is 0 Å². The summed E-state index contributed by atoms with van der Waals surface area (Å²) in [7, 11) is -3.25. The molecule has 0 aliphatic rings. The smallest absolute Gasteiger partial charge is 0.193 e. The predicted octanol–water partition coefficient (Wildman–Crippen LogP) is 0.215. The number of hydrogen-bond acceptors (Lipinski definition) is 6. The first-order valence-corrected chi connectivity index (χ1v) is 6.72. The third-order valence-electron chi connectivity index (χ3n) is 2.11. The number of aromatic nitrogens is 4. The van der Waals surface area contributed by atoms with Gasteiger partial charge in [-0.15, -0.1) is 10.2 Å². The average Bonchev–Trinajstić information content (AvgIpc) is 2.78. The van der Waals surface area contributed by atoms with Gasteiger partial charge in [-0.3, -0.25) is 0 Å². The van der Waals surface area contributed by atoms with Gasteiger partial charge < -0.3 is 5.32 Å². The summed E-state index contributed by atoms with van der Waals surface area (Å²) in [5.41, 5.74) is 0.528. The van der Waals surface area contributed by atoms with Crippen LogP contribution in [0.25, 0.3) is 0 Å². The summed E-state index contributed by atoms with van der Waals surface area (Å²) < 4.78 is 23.1. The van der Waals surface area contributed by atoms with E-state index < -0.39 is 9.84 Å². The molecule has 0 unspecified atom stereocenters. The molecule has 1 aromatic carbocycles. The number of sulfone groups is 1. The fraction of sp³-hybridized carbons (Fsp3) is 0.222. The molecule has 0 bridgehead atoms. The lowest BCUT2D eigenvalue weighted by atomic mass is 10.3. The largest absolute Gasteiger partial charge is 0.377 e. The number of para-hydroxylation sites is 1. The van der Waals surface area contributed by atoms with E-state index in [-0.39, 0.29) is 4.90 Å². The monoisotopic (exact) mass is 253 g/mol. The molecule has 2 rings (SSSR count). The summed E-state index contributed by atoms with van der Waals surface area (Å²) in [4.78, 5) is 0.253. The molecule has 2 aromatic rings. The lowest BCUT2D eigenvalue weighted by molar-refractivity contribution is 0.602. The molecule has 7 nitrogen and oxygen atoms in total. The number of hydrogen-bond donors (Lipinski definition) is 2. The van der Waals surface area contributed by atoms with Gasteiger partial charge in [0.05, 0.1) is 17.1 Å². The molecule has 0 saturated carbocycles. The van der Waals surface area contributed by atoms with Crippen LogP contribution in [0.4, 0.5) is 5.69 Å². The molecule has 0 spiro atoms. The van der Waals surface area contributed by atoms with E-state index in [4.69, 9.17) is 0 Å². The van der Waals surface area contributed by atoms with Crippen molar-refractivity contribution >= 4 is 15.5 Å². The van der Waals surface area contributed by atoms with Gasteiger partial charge in [-0.2, -0.15) is 5.21 Å². The predicted molar refractivity (Wildman–Crippen MR) is 61.1 cm³/mol. The Bertz CT molecular complexity index is 594. The second-order valence-corrected chi connectivity index (χ2v) is 5.43. The lowest BCUT2D eigenvalue weighted by Gasteiger charge is -2.08. The van der Waals surface area contributed by atoms with Crippen LogP contribution >= 0.6 is 0 Å². The van der Waals surface area contributed by atoms with Gasteiger partial charge in [0.2, 0.25) is 0 Å². The molecule has 2 N–H and O–H groups in total. The molecule has 1 heterocycles. The van der Waals surface area contributed by atoms with Crippen molar-refractivity contribution in [2.75, 3.05) is 11.6 Å². The summed E-state index contributed by atoms with van der Waals surface area (Å²) in [6.07, 6.45) is 1.17. The summed E-state index contributed by atoms with van der Waals surface area (Å²) in [6.45, 7) is 0.309. The zero-order valence-corrected chi connectivity index (χ0v) is 9.90. The second-order valence-electron chi connectivity index (χ2n) is 3.45. The Labute approximate surface area is 98.2 Å².